The highest BCUT2D eigenvalue weighted by atomic mass is 16.6. The van der Waals surface area contributed by atoms with Crippen LogP contribution in [0.1, 0.15) is 67.7 Å². The van der Waals surface area contributed by atoms with Crippen molar-refractivity contribution in [1.82, 2.24) is 9.80 Å². The largest absolute Gasteiger partial charge is 0.444 e. The molecule has 1 fully saturated rings. The highest BCUT2D eigenvalue weighted by Gasteiger charge is 2.25. The third-order valence-electron chi connectivity index (χ3n) is 3.67. The maximum absolute atomic E-state index is 11.7. The number of piperidine rings is 1. The van der Waals surface area contributed by atoms with E-state index in [0.717, 1.165) is 25.9 Å². The molecule has 0 aliphatic carbocycles. The van der Waals surface area contributed by atoms with E-state index in [1.165, 1.54) is 12.0 Å². The Morgan fingerprint density at radius 1 is 1.38 bits per heavy atom. The van der Waals surface area contributed by atoms with Gasteiger partial charge in [-0.1, -0.05) is 25.5 Å². The molecule has 1 unspecified atom stereocenters. The Labute approximate surface area is 149 Å². The van der Waals surface area contributed by atoms with Gasteiger partial charge in [0.25, 0.3) is 0 Å². The highest BCUT2D eigenvalue weighted by molar-refractivity contribution is 5.68. The summed E-state index contributed by atoms with van der Waals surface area (Å²) in [5, 5.41) is 0. The van der Waals surface area contributed by atoms with Crippen molar-refractivity contribution in [2.45, 2.75) is 73.3 Å². The van der Waals surface area contributed by atoms with Crippen LogP contribution < -0.4 is 0 Å². The van der Waals surface area contributed by atoms with Gasteiger partial charge in [-0.05, 0) is 66.0 Å². The van der Waals surface area contributed by atoms with E-state index in [4.69, 9.17) is 4.74 Å². The number of nitrogens with zero attached hydrogens (tertiary/aromatic N) is 2. The lowest BCUT2D eigenvalue weighted by molar-refractivity contribution is 0.0174. The highest BCUT2D eigenvalue weighted by Crippen LogP contribution is 2.18. The van der Waals surface area contributed by atoms with Gasteiger partial charge < -0.3 is 14.5 Å². The summed E-state index contributed by atoms with van der Waals surface area (Å²) in [5.74, 6) is 0.608. The van der Waals surface area contributed by atoms with Crippen LogP contribution in [0.5, 0.6) is 0 Å². The van der Waals surface area contributed by atoms with Crippen molar-refractivity contribution in [3.05, 3.63) is 24.0 Å². The zero-order chi connectivity index (χ0) is 18.8. The molecular formula is C20H38N2O2. The summed E-state index contributed by atoms with van der Waals surface area (Å²) in [7, 11) is 2.04. The summed E-state index contributed by atoms with van der Waals surface area (Å²) < 4.78 is 5.31. The molecular weight excluding hydrogens is 300 g/mol. The lowest BCUT2D eigenvalue weighted by Crippen LogP contribution is -2.42. The van der Waals surface area contributed by atoms with Crippen LogP contribution >= 0.6 is 0 Å². The average molecular weight is 339 g/mol. The standard InChI is InChI=1S/C11H21NO2.C9H17N/c1-9-6-5-7-12(8-9)10(13)14-11(2,3)4;1-5-7-10(4)8-9(3)6-2/h9H,5-8H2,1-4H3;5,7-8H,6H2,1-4H3/b;7-5-,9-8+. The first-order valence-corrected chi connectivity index (χ1v) is 9.09. The maximum Gasteiger partial charge on any atom is 0.410 e. The zero-order valence-electron chi connectivity index (χ0n) is 17.1. The molecule has 1 rings (SSSR count). The van der Waals surface area contributed by atoms with Crippen molar-refractivity contribution in [1.29, 1.82) is 0 Å². The number of amides is 1. The van der Waals surface area contributed by atoms with Crippen LogP contribution in [-0.2, 0) is 4.74 Å². The number of hydrogen-bond donors (Lipinski definition) is 0. The van der Waals surface area contributed by atoms with Gasteiger partial charge in [0.15, 0.2) is 0 Å². The van der Waals surface area contributed by atoms with Crippen LogP contribution in [0.3, 0.4) is 0 Å². The van der Waals surface area contributed by atoms with Gasteiger partial charge in [-0.2, -0.15) is 0 Å². The monoisotopic (exact) mass is 338 g/mol. The smallest absolute Gasteiger partial charge is 0.410 e. The Kier molecular flexibility index (Phi) is 10.5. The van der Waals surface area contributed by atoms with E-state index in [1.807, 2.05) is 51.9 Å². The van der Waals surface area contributed by atoms with Gasteiger partial charge in [-0.25, -0.2) is 4.79 Å². The molecule has 0 radical (unpaired) electrons. The Balaban J connectivity index is 0.000000470. The SMILES string of the molecule is C/C=C\N(C)/C=C(\C)CC.CC1CCCN(C(=O)OC(C)(C)C)C1. The van der Waals surface area contributed by atoms with Gasteiger partial charge in [0.2, 0.25) is 0 Å². The molecule has 140 valence electrons. The van der Waals surface area contributed by atoms with Gasteiger partial charge in [0.1, 0.15) is 5.60 Å². The van der Waals surface area contributed by atoms with Gasteiger partial charge in [-0.15, -0.1) is 0 Å². The minimum absolute atomic E-state index is 0.163. The summed E-state index contributed by atoms with van der Waals surface area (Å²) in [6.07, 6.45) is 9.49. The Morgan fingerprint density at radius 2 is 2.00 bits per heavy atom. The fourth-order valence-corrected chi connectivity index (χ4v) is 2.40. The number of likely N-dealkylation sites (tertiary alicyclic amines) is 1. The number of carbonyl (C=O) groups is 1. The second-order valence-corrected chi connectivity index (χ2v) is 7.65. The molecule has 0 N–H and O–H groups in total. The Hall–Kier alpha value is -1.45. The van der Waals surface area contributed by atoms with Crippen molar-refractivity contribution in [3.63, 3.8) is 0 Å². The van der Waals surface area contributed by atoms with Crippen LogP contribution in [0.4, 0.5) is 4.79 Å². The normalized spacial score (nSPS) is 18.9. The van der Waals surface area contributed by atoms with Gasteiger partial charge in [0.05, 0.1) is 0 Å². The van der Waals surface area contributed by atoms with Gasteiger partial charge >= 0.3 is 6.09 Å². The van der Waals surface area contributed by atoms with E-state index in [2.05, 4.69) is 31.9 Å². The Morgan fingerprint density at radius 3 is 2.46 bits per heavy atom. The van der Waals surface area contributed by atoms with Crippen LogP contribution in [-0.4, -0.2) is 41.6 Å². The number of hydrogen-bond acceptors (Lipinski definition) is 3. The molecule has 1 heterocycles. The molecule has 4 nitrogen and oxygen atoms in total. The molecule has 0 aromatic carbocycles. The topological polar surface area (TPSA) is 32.8 Å². The predicted molar refractivity (Wildman–Crippen MR) is 103 cm³/mol. The molecule has 0 spiro atoms. The summed E-state index contributed by atoms with van der Waals surface area (Å²) in [5.41, 5.74) is 1.03. The number of rotatable bonds is 3. The van der Waals surface area contributed by atoms with E-state index in [0.29, 0.717) is 5.92 Å². The number of carbonyl (C=O) groups excluding carboxylic acids is 1. The van der Waals surface area contributed by atoms with Crippen molar-refractivity contribution >= 4 is 6.09 Å². The average Bonchev–Trinajstić information content (AvgIpc) is 2.46. The first-order valence-electron chi connectivity index (χ1n) is 9.09. The maximum atomic E-state index is 11.7. The summed E-state index contributed by atoms with van der Waals surface area (Å²) in [4.78, 5) is 15.6. The molecule has 1 saturated heterocycles. The van der Waals surface area contributed by atoms with Crippen LogP contribution in [0.2, 0.25) is 0 Å². The minimum atomic E-state index is -0.377. The number of ether oxygens (including phenoxy) is 1. The van der Waals surface area contributed by atoms with E-state index in [-0.39, 0.29) is 11.7 Å². The first-order chi connectivity index (χ1) is 11.1. The minimum Gasteiger partial charge on any atom is -0.444 e. The van der Waals surface area contributed by atoms with E-state index in [9.17, 15) is 4.79 Å². The van der Waals surface area contributed by atoms with Crippen molar-refractivity contribution in [2.75, 3.05) is 20.1 Å². The zero-order valence-corrected chi connectivity index (χ0v) is 17.1. The molecule has 1 amide bonds. The fraction of sp³-hybridized carbons (Fsp3) is 0.750. The lowest BCUT2D eigenvalue weighted by Gasteiger charge is -2.32. The molecule has 4 heteroatoms. The first kappa shape index (κ1) is 22.6. The molecule has 0 aromatic rings. The van der Waals surface area contributed by atoms with E-state index in [1.54, 1.807) is 0 Å². The van der Waals surface area contributed by atoms with Gasteiger partial charge in [-0.3, -0.25) is 0 Å². The summed E-state index contributed by atoms with van der Waals surface area (Å²) in [6.45, 7) is 15.9. The van der Waals surface area contributed by atoms with Crippen LogP contribution in [0, 0.1) is 5.92 Å². The molecule has 1 aliphatic rings. The second-order valence-electron chi connectivity index (χ2n) is 7.65. The third-order valence-corrected chi connectivity index (χ3v) is 3.67. The van der Waals surface area contributed by atoms with Crippen molar-refractivity contribution in [3.8, 4) is 0 Å². The van der Waals surface area contributed by atoms with Crippen molar-refractivity contribution in [2.24, 2.45) is 5.92 Å². The Bertz CT molecular complexity index is 422. The lowest BCUT2D eigenvalue weighted by atomic mass is 10.0. The second kappa shape index (κ2) is 11.2. The van der Waals surface area contributed by atoms with Crippen LogP contribution in [0.25, 0.3) is 0 Å². The number of allylic oxidation sites excluding steroid dienone is 2. The van der Waals surface area contributed by atoms with Crippen LogP contribution in [0.15, 0.2) is 24.0 Å². The molecule has 0 aromatic heterocycles. The quantitative estimate of drug-likeness (QED) is 0.689. The van der Waals surface area contributed by atoms with E-state index >= 15 is 0 Å². The fourth-order valence-electron chi connectivity index (χ4n) is 2.40. The molecule has 1 atom stereocenters. The summed E-state index contributed by atoms with van der Waals surface area (Å²) >= 11 is 0. The predicted octanol–water partition coefficient (Wildman–Crippen LogP) is 5.42. The molecule has 24 heavy (non-hydrogen) atoms. The molecule has 1 aliphatic heterocycles. The third kappa shape index (κ3) is 11.1. The summed E-state index contributed by atoms with van der Waals surface area (Å²) in [6, 6.07) is 0. The van der Waals surface area contributed by atoms with Crippen molar-refractivity contribution < 1.29 is 9.53 Å². The molecule has 0 saturated carbocycles. The van der Waals surface area contributed by atoms with Gasteiger partial charge in [0, 0.05) is 26.3 Å². The molecule has 0 bridgehead atoms. The van der Waals surface area contributed by atoms with E-state index < -0.39 is 0 Å².